The average molecular weight is 285 g/mol. The molecule has 0 aliphatic carbocycles. The van der Waals surface area contributed by atoms with E-state index < -0.39 is 0 Å². The van der Waals surface area contributed by atoms with Crippen molar-refractivity contribution in [3.63, 3.8) is 0 Å². The predicted octanol–water partition coefficient (Wildman–Crippen LogP) is 2.45. The van der Waals surface area contributed by atoms with Gasteiger partial charge < -0.3 is 16.2 Å². The Morgan fingerprint density at radius 3 is 2.79 bits per heavy atom. The maximum atomic E-state index is 12.0. The van der Waals surface area contributed by atoms with E-state index in [4.69, 9.17) is 22.4 Å². The summed E-state index contributed by atoms with van der Waals surface area (Å²) >= 11 is 5.98. The van der Waals surface area contributed by atoms with E-state index in [1.54, 1.807) is 18.2 Å². The lowest BCUT2D eigenvalue weighted by molar-refractivity contribution is 0.0943. The highest BCUT2D eigenvalue weighted by molar-refractivity contribution is 6.34. The van der Waals surface area contributed by atoms with E-state index in [0.29, 0.717) is 35.2 Å². The number of carbonyl (C=O) groups is 1. The molecule has 4 N–H and O–H groups in total. The third-order valence-corrected chi connectivity index (χ3v) is 3.34. The van der Waals surface area contributed by atoms with Gasteiger partial charge in [-0.15, -0.1) is 0 Å². The summed E-state index contributed by atoms with van der Waals surface area (Å²) in [6.07, 6.45) is 2.71. The van der Waals surface area contributed by atoms with Gasteiger partial charge in [-0.05, 0) is 37.0 Å². The lowest BCUT2D eigenvalue weighted by atomic mass is 10.00. The summed E-state index contributed by atoms with van der Waals surface area (Å²) in [7, 11) is 0. The standard InChI is InChI=1S/C14H21ClN2O2/c1-2-3-10(6-7-18)9-17-14(19)12-5-4-11(16)8-13(12)15/h4-5,8,10,18H,2-3,6-7,9,16H2,1H3,(H,17,19). The largest absolute Gasteiger partial charge is 0.399 e. The molecule has 0 saturated heterocycles. The highest BCUT2D eigenvalue weighted by atomic mass is 35.5. The summed E-state index contributed by atoms with van der Waals surface area (Å²) in [6.45, 7) is 2.78. The topological polar surface area (TPSA) is 75.3 Å². The average Bonchev–Trinajstić information content (AvgIpc) is 2.36. The second kappa shape index (κ2) is 8.02. The Bertz CT molecular complexity index is 418. The zero-order chi connectivity index (χ0) is 14.3. The number of nitrogens with one attached hydrogen (secondary N) is 1. The lowest BCUT2D eigenvalue weighted by Crippen LogP contribution is -2.30. The summed E-state index contributed by atoms with van der Waals surface area (Å²) in [5.41, 5.74) is 6.54. The van der Waals surface area contributed by atoms with Gasteiger partial charge in [-0.1, -0.05) is 24.9 Å². The van der Waals surface area contributed by atoms with Crippen LogP contribution in [0.4, 0.5) is 5.69 Å². The summed E-state index contributed by atoms with van der Waals surface area (Å²) in [6, 6.07) is 4.83. The monoisotopic (exact) mass is 284 g/mol. The number of nitrogen functional groups attached to an aromatic ring is 1. The van der Waals surface area contributed by atoms with E-state index in [0.717, 1.165) is 12.8 Å². The van der Waals surface area contributed by atoms with Gasteiger partial charge in [0.05, 0.1) is 10.6 Å². The van der Waals surface area contributed by atoms with Crippen molar-refractivity contribution in [2.75, 3.05) is 18.9 Å². The van der Waals surface area contributed by atoms with Crippen LogP contribution in [0.1, 0.15) is 36.5 Å². The van der Waals surface area contributed by atoms with Crippen LogP contribution in [0.5, 0.6) is 0 Å². The third-order valence-electron chi connectivity index (χ3n) is 3.02. The molecule has 0 aromatic heterocycles. The molecular weight excluding hydrogens is 264 g/mol. The number of halogens is 1. The zero-order valence-corrected chi connectivity index (χ0v) is 11.9. The van der Waals surface area contributed by atoms with Crippen molar-refractivity contribution < 1.29 is 9.90 Å². The fourth-order valence-electron chi connectivity index (χ4n) is 1.99. The van der Waals surface area contributed by atoms with E-state index in [2.05, 4.69) is 12.2 Å². The van der Waals surface area contributed by atoms with Crippen LogP contribution in [0.15, 0.2) is 18.2 Å². The molecule has 1 rings (SSSR count). The second-order valence-electron chi connectivity index (χ2n) is 4.62. The molecule has 1 unspecified atom stereocenters. The van der Waals surface area contributed by atoms with Crippen molar-refractivity contribution in [3.05, 3.63) is 28.8 Å². The molecule has 0 radical (unpaired) electrons. The molecule has 1 aromatic rings. The zero-order valence-electron chi connectivity index (χ0n) is 11.2. The minimum absolute atomic E-state index is 0.142. The van der Waals surface area contributed by atoms with E-state index >= 15 is 0 Å². The van der Waals surface area contributed by atoms with Crippen molar-refractivity contribution >= 4 is 23.2 Å². The van der Waals surface area contributed by atoms with Gasteiger partial charge in [-0.25, -0.2) is 0 Å². The van der Waals surface area contributed by atoms with Crippen molar-refractivity contribution in [3.8, 4) is 0 Å². The molecular formula is C14H21ClN2O2. The van der Waals surface area contributed by atoms with E-state index in [9.17, 15) is 4.79 Å². The van der Waals surface area contributed by atoms with E-state index in [1.807, 2.05) is 0 Å². The Balaban J connectivity index is 2.58. The van der Waals surface area contributed by atoms with Crippen molar-refractivity contribution in [2.24, 2.45) is 5.92 Å². The predicted molar refractivity (Wildman–Crippen MR) is 78.3 cm³/mol. The Labute approximate surface area is 118 Å². The van der Waals surface area contributed by atoms with Crippen LogP contribution in [0.25, 0.3) is 0 Å². The molecule has 0 fully saturated rings. The molecule has 0 heterocycles. The van der Waals surface area contributed by atoms with Gasteiger partial charge in [0.1, 0.15) is 0 Å². The number of aliphatic hydroxyl groups is 1. The minimum Gasteiger partial charge on any atom is -0.399 e. The number of nitrogens with two attached hydrogens (primary N) is 1. The maximum absolute atomic E-state index is 12.0. The fourth-order valence-corrected chi connectivity index (χ4v) is 2.26. The van der Waals surface area contributed by atoms with Gasteiger partial charge >= 0.3 is 0 Å². The minimum atomic E-state index is -0.205. The molecule has 0 bridgehead atoms. The second-order valence-corrected chi connectivity index (χ2v) is 5.02. The fraction of sp³-hybridized carbons (Fsp3) is 0.500. The van der Waals surface area contributed by atoms with Crippen LogP contribution in [-0.2, 0) is 0 Å². The van der Waals surface area contributed by atoms with Crippen LogP contribution in [0.2, 0.25) is 5.02 Å². The molecule has 1 amide bonds. The maximum Gasteiger partial charge on any atom is 0.252 e. The first-order valence-corrected chi connectivity index (χ1v) is 6.90. The Kier molecular flexibility index (Phi) is 6.67. The molecule has 19 heavy (non-hydrogen) atoms. The molecule has 5 heteroatoms. The van der Waals surface area contributed by atoms with Gasteiger partial charge in [0.15, 0.2) is 0 Å². The van der Waals surface area contributed by atoms with Crippen molar-refractivity contribution in [1.82, 2.24) is 5.32 Å². The highest BCUT2D eigenvalue weighted by Crippen LogP contribution is 2.19. The molecule has 0 aliphatic heterocycles. The molecule has 0 aliphatic rings. The Hall–Kier alpha value is -1.26. The smallest absolute Gasteiger partial charge is 0.252 e. The molecule has 106 valence electrons. The van der Waals surface area contributed by atoms with Gasteiger partial charge in [0.2, 0.25) is 0 Å². The van der Waals surface area contributed by atoms with E-state index in [-0.39, 0.29) is 12.5 Å². The van der Waals surface area contributed by atoms with Crippen molar-refractivity contribution in [1.29, 1.82) is 0 Å². The van der Waals surface area contributed by atoms with Crippen LogP contribution < -0.4 is 11.1 Å². The van der Waals surface area contributed by atoms with Gasteiger partial charge in [-0.2, -0.15) is 0 Å². The van der Waals surface area contributed by atoms with Gasteiger partial charge in [-0.3, -0.25) is 4.79 Å². The summed E-state index contributed by atoms with van der Waals surface area (Å²) in [5.74, 6) is 0.0931. The number of carbonyl (C=O) groups excluding carboxylic acids is 1. The van der Waals surface area contributed by atoms with Gasteiger partial charge in [0, 0.05) is 18.8 Å². The summed E-state index contributed by atoms with van der Waals surface area (Å²) in [4.78, 5) is 12.0. The number of anilines is 1. The number of hydrogen-bond donors (Lipinski definition) is 3. The normalized spacial score (nSPS) is 12.2. The Morgan fingerprint density at radius 2 is 2.21 bits per heavy atom. The molecule has 1 aromatic carbocycles. The third kappa shape index (κ3) is 5.09. The quantitative estimate of drug-likeness (QED) is 0.673. The summed E-state index contributed by atoms with van der Waals surface area (Å²) < 4.78 is 0. The van der Waals surface area contributed by atoms with Crippen LogP contribution in [-0.4, -0.2) is 24.2 Å². The van der Waals surface area contributed by atoms with E-state index in [1.165, 1.54) is 0 Å². The Morgan fingerprint density at radius 1 is 1.47 bits per heavy atom. The first-order valence-electron chi connectivity index (χ1n) is 6.52. The number of hydrogen-bond acceptors (Lipinski definition) is 3. The van der Waals surface area contributed by atoms with Gasteiger partial charge in [0.25, 0.3) is 5.91 Å². The lowest BCUT2D eigenvalue weighted by Gasteiger charge is -2.16. The first-order chi connectivity index (χ1) is 9.08. The number of benzene rings is 1. The highest BCUT2D eigenvalue weighted by Gasteiger charge is 2.13. The number of aliphatic hydroxyl groups excluding tert-OH is 1. The van der Waals surface area contributed by atoms with Crippen molar-refractivity contribution in [2.45, 2.75) is 26.2 Å². The summed E-state index contributed by atoms with van der Waals surface area (Å²) in [5, 5.41) is 12.2. The first kappa shape index (κ1) is 15.8. The molecule has 4 nitrogen and oxygen atoms in total. The number of amides is 1. The van der Waals surface area contributed by atoms with Crippen LogP contribution in [0, 0.1) is 5.92 Å². The molecule has 0 spiro atoms. The SMILES string of the molecule is CCCC(CCO)CNC(=O)c1ccc(N)cc1Cl. The molecule has 1 atom stereocenters. The van der Waals surface area contributed by atoms with Crippen LogP contribution in [0.3, 0.4) is 0 Å². The van der Waals surface area contributed by atoms with Crippen LogP contribution >= 0.6 is 11.6 Å². The number of rotatable bonds is 7. The molecule has 0 saturated carbocycles.